The van der Waals surface area contributed by atoms with Crippen molar-refractivity contribution in [3.8, 4) is 0 Å². The van der Waals surface area contributed by atoms with Crippen LogP contribution in [0, 0.1) is 10.1 Å². The summed E-state index contributed by atoms with van der Waals surface area (Å²) < 4.78 is 1.40. The molecule has 1 unspecified atom stereocenters. The van der Waals surface area contributed by atoms with Gasteiger partial charge in [0.25, 0.3) is 11.6 Å². The highest BCUT2D eigenvalue weighted by Gasteiger charge is 2.20. The molecule has 1 heterocycles. The van der Waals surface area contributed by atoms with E-state index in [0.29, 0.717) is 0 Å². The fraction of sp³-hybridized carbons (Fsp3) is 0.500. The number of carbonyl (C=O) groups is 1. The molecule has 0 aliphatic rings. The van der Waals surface area contributed by atoms with Gasteiger partial charge in [0.1, 0.15) is 5.69 Å². The first-order valence-electron chi connectivity index (χ1n) is 5.07. The molecular formula is C10H15N3O4. The lowest BCUT2D eigenvalue weighted by Gasteiger charge is -2.18. The minimum Gasteiger partial charge on any atom is -0.392 e. The van der Waals surface area contributed by atoms with Gasteiger partial charge in [-0.15, -0.1) is 0 Å². The van der Waals surface area contributed by atoms with Crippen LogP contribution in [0.25, 0.3) is 0 Å². The second kappa shape index (κ2) is 4.96. The third-order valence-electron chi connectivity index (χ3n) is 2.31. The zero-order chi connectivity index (χ0) is 13.2. The van der Waals surface area contributed by atoms with Crippen LogP contribution >= 0.6 is 0 Å². The maximum Gasteiger partial charge on any atom is 0.287 e. The van der Waals surface area contributed by atoms with E-state index in [1.807, 2.05) is 0 Å². The zero-order valence-electron chi connectivity index (χ0n) is 9.95. The first-order valence-corrected chi connectivity index (χ1v) is 5.07. The van der Waals surface area contributed by atoms with E-state index in [1.165, 1.54) is 28.8 Å². The highest BCUT2D eigenvalue weighted by molar-refractivity contribution is 5.93. The van der Waals surface area contributed by atoms with Crippen molar-refractivity contribution in [1.29, 1.82) is 0 Å². The highest BCUT2D eigenvalue weighted by Crippen LogP contribution is 2.16. The summed E-state index contributed by atoms with van der Waals surface area (Å²) in [6.45, 7) is 1.75. The number of likely N-dealkylation sites (N-methyl/N-ethyl adjacent to an activating group) is 1. The molecule has 0 bridgehead atoms. The van der Waals surface area contributed by atoms with Gasteiger partial charge < -0.3 is 14.6 Å². The smallest absolute Gasteiger partial charge is 0.287 e. The van der Waals surface area contributed by atoms with Gasteiger partial charge in [-0.3, -0.25) is 14.9 Å². The summed E-state index contributed by atoms with van der Waals surface area (Å²) >= 11 is 0. The number of aromatic nitrogens is 1. The molecule has 0 spiro atoms. The standard InChI is InChI=1S/C10H15N3O4/c1-7(14)5-12(3)10(15)9-4-8(13(16)17)6-11(9)2/h4,6-7,14H,5H2,1-3H3. The van der Waals surface area contributed by atoms with Crippen molar-refractivity contribution < 1.29 is 14.8 Å². The number of aliphatic hydroxyl groups is 1. The molecular weight excluding hydrogens is 226 g/mol. The lowest BCUT2D eigenvalue weighted by molar-refractivity contribution is -0.384. The lowest BCUT2D eigenvalue weighted by atomic mass is 10.3. The van der Waals surface area contributed by atoms with Crippen LogP contribution in [-0.2, 0) is 7.05 Å². The minimum absolute atomic E-state index is 0.124. The molecule has 0 aliphatic heterocycles. The Balaban J connectivity index is 2.92. The fourth-order valence-corrected chi connectivity index (χ4v) is 1.53. The van der Waals surface area contributed by atoms with E-state index in [-0.39, 0.29) is 23.8 Å². The average Bonchev–Trinajstić information content (AvgIpc) is 2.58. The lowest BCUT2D eigenvalue weighted by Crippen LogP contribution is -2.33. The molecule has 1 N–H and O–H groups in total. The van der Waals surface area contributed by atoms with Crippen LogP contribution in [0.1, 0.15) is 17.4 Å². The van der Waals surface area contributed by atoms with Crippen molar-refractivity contribution in [2.75, 3.05) is 13.6 Å². The Hall–Kier alpha value is -1.89. The van der Waals surface area contributed by atoms with E-state index in [4.69, 9.17) is 0 Å². The molecule has 7 heteroatoms. The summed E-state index contributed by atoms with van der Waals surface area (Å²) in [7, 11) is 3.10. The van der Waals surface area contributed by atoms with E-state index in [1.54, 1.807) is 14.0 Å². The predicted molar refractivity (Wildman–Crippen MR) is 60.7 cm³/mol. The third-order valence-corrected chi connectivity index (χ3v) is 2.31. The summed E-state index contributed by atoms with van der Waals surface area (Å²) in [4.78, 5) is 23.2. The van der Waals surface area contributed by atoms with Crippen molar-refractivity contribution in [3.05, 3.63) is 28.1 Å². The normalized spacial score (nSPS) is 12.2. The Labute approximate surface area is 98.4 Å². The molecule has 94 valence electrons. The number of amides is 1. The first-order chi connectivity index (χ1) is 7.82. The van der Waals surface area contributed by atoms with Gasteiger partial charge in [-0.05, 0) is 6.92 Å². The van der Waals surface area contributed by atoms with Gasteiger partial charge in [-0.2, -0.15) is 0 Å². The molecule has 1 atom stereocenters. The maximum atomic E-state index is 11.9. The SMILES string of the molecule is CC(O)CN(C)C(=O)c1cc([N+](=O)[O-])cn1C. The van der Waals surface area contributed by atoms with E-state index < -0.39 is 11.0 Å². The average molecular weight is 241 g/mol. The van der Waals surface area contributed by atoms with E-state index >= 15 is 0 Å². The van der Waals surface area contributed by atoms with Crippen molar-refractivity contribution >= 4 is 11.6 Å². The predicted octanol–water partition coefficient (Wildman–Crippen LogP) is 0.386. The quantitative estimate of drug-likeness (QED) is 0.610. The van der Waals surface area contributed by atoms with Crippen LogP contribution in [0.4, 0.5) is 5.69 Å². The van der Waals surface area contributed by atoms with E-state index in [2.05, 4.69) is 0 Å². The number of nitro groups is 1. The Bertz CT molecular complexity index is 439. The molecule has 0 saturated heterocycles. The molecule has 7 nitrogen and oxygen atoms in total. The molecule has 0 fully saturated rings. The molecule has 0 saturated carbocycles. The highest BCUT2D eigenvalue weighted by atomic mass is 16.6. The van der Waals surface area contributed by atoms with Gasteiger partial charge in [-0.25, -0.2) is 0 Å². The van der Waals surface area contributed by atoms with E-state index in [9.17, 15) is 20.0 Å². The second-order valence-electron chi connectivity index (χ2n) is 3.99. The van der Waals surface area contributed by atoms with Crippen molar-refractivity contribution in [3.63, 3.8) is 0 Å². The Morgan fingerprint density at radius 3 is 2.71 bits per heavy atom. The molecule has 17 heavy (non-hydrogen) atoms. The maximum absolute atomic E-state index is 11.9. The molecule has 0 aromatic carbocycles. The summed E-state index contributed by atoms with van der Waals surface area (Å²) in [6, 6.07) is 1.22. The van der Waals surface area contributed by atoms with Crippen LogP contribution in [0.3, 0.4) is 0 Å². The van der Waals surface area contributed by atoms with Gasteiger partial charge in [-0.1, -0.05) is 0 Å². The Morgan fingerprint density at radius 2 is 2.29 bits per heavy atom. The Morgan fingerprint density at radius 1 is 1.71 bits per heavy atom. The van der Waals surface area contributed by atoms with Crippen molar-refractivity contribution in [2.24, 2.45) is 7.05 Å². The number of carbonyl (C=O) groups excluding carboxylic acids is 1. The summed E-state index contributed by atoms with van der Waals surface area (Å²) in [5.74, 6) is -0.360. The summed E-state index contributed by atoms with van der Waals surface area (Å²) in [5.41, 5.74) is 0.0983. The number of aryl methyl sites for hydroxylation is 1. The number of aliphatic hydroxyl groups excluding tert-OH is 1. The van der Waals surface area contributed by atoms with Crippen molar-refractivity contribution in [1.82, 2.24) is 9.47 Å². The van der Waals surface area contributed by atoms with Gasteiger partial charge in [0.15, 0.2) is 0 Å². The molecule has 1 aromatic rings. The topological polar surface area (TPSA) is 88.6 Å². The number of hydrogen-bond acceptors (Lipinski definition) is 4. The van der Waals surface area contributed by atoms with Crippen molar-refractivity contribution in [2.45, 2.75) is 13.0 Å². The van der Waals surface area contributed by atoms with Gasteiger partial charge >= 0.3 is 0 Å². The molecule has 0 radical (unpaired) electrons. The van der Waals surface area contributed by atoms with Gasteiger partial charge in [0, 0.05) is 26.7 Å². The van der Waals surface area contributed by atoms with E-state index in [0.717, 1.165) is 0 Å². The molecule has 1 aromatic heterocycles. The summed E-state index contributed by atoms with van der Waals surface area (Å²) in [5, 5.41) is 19.7. The monoisotopic (exact) mass is 241 g/mol. The first kappa shape index (κ1) is 13.2. The third kappa shape index (κ3) is 3.04. The Kier molecular flexibility index (Phi) is 3.84. The van der Waals surface area contributed by atoms with Gasteiger partial charge in [0.2, 0.25) is 0 Å². The largest absolute Gasteiger partial charge is 0.392 e. The molecule has 0 aliphatic carbocycles. The number of hydrogen-bond donors (Lipinski definition) is 1. The second-order valence-corrected chi connectivity index (χ2v) is 3.99. The molecule has 1 rings (SSSR count). The van der Waals surface area contributed by atoms with Crippen LogP contribution in [0.2, 0.25) is 0 Å². The summed E-state index contributed by atoms with van der Waals surface area (Å²) in [6.07, 6.45) is 0.642. The van der Waals surface area contributed by atoms with Crippen LogP contribution in [0.5, 0.6) is 0 Å². The van der Waals surface area contributed by atoms with Crippen LogP contribution < -0.4 is 0 Å². The van der Waals surface area contributed by atoms with Crippen LogP contribution in [0.15, 0.2) is 12.3 Å². The zero-order valence-corrected chi connectivity index (χ0v) is 9.95. The van der Waals surface area contributed by atoms with Gasteiger partial charge in [0.05, 0.1) is 17.2 Å². The number of nitrogens with zero attached hydrogens (tertiary/aromatic N) is 3. The number of rotatable bonds is 4. The molecule has 1 amide bonds. The minimum atomic E-state index is -0.640. The fourth-order valence-electron chi connectivity index (χ4n) is 1.53. The van der Waals surface area contributed by atoms with Crippen LogP contribution in [-0.4, -0.2) is 45.1 Å².